The van der Waals surface area contributed by atoms with E-state index in [2.05, 4.69) is 17.4 Å². The molecule has 1 saturated heterocycles. The number of methoxy groups -OCH3 is 1. The lowest BCUT2D eigenvalue weighted by Gasteiger charge is -2.32. The number of unbranched alkanes of at least 4 members (excludes halogenated alkanes) is 1. The first-order chi connectivity index (χ1) is 9.81. The summed E-state index contributed by atoms with van der Waals surface area (Å²) in [7, 11) is 1.72. The second-order valence-electron chi connectivity index (χ2n) is 5.30. The van der Waals surface area contributed by atoms with Gasteiger partial charge in [0.2, 0.25) is 5.91 Å². The van der Waals surface area contributed by atoms with Crippen molar-refractivity contribution in [1.29, 1.82) is 0 Å². The van der Waals surface area contributed by atoms with E-state index >= 15 is 0 Å². The highest BCUT2D eigenvalue weighted by molar-refractivity contribution is 5.80. The molecule has 1 aromatic carbocycles. The molecule has 0 aliphatic carbocycles. The molecule has 1 amide bonds. The number of carbonyl (C=O) groups excluding carboxylic acids is 1. The maximum absolute atomic E-state index is 12.4. The van der Waals surface area contributed by atoms with Crippen molar-refractivity contribution in [2.45, 2.75) is 19.4 Å². The molecule has 0 aromatic heterocycles. The summed E-state index contributed by atoms with van der Waals surface area (Å²) in [5, 5.41) is 3.17. The Kier molecular flexibility index (Phi) is 6.02. The summed E-state index contributed by atoms with van der Waals surface area (Å²) in [5.41, 5.74) is 1.19. The number of benzene rings is 1. The second kappa shape index (κ2) is 8.02. The lowest BCUT2D eigenvalue weighted by Crippen LogP contribution is -2.52. The molecule has 4 nitrogen and oxygen atoms in total. The van der Waals surface area contributed by atoms with Gasteiger partial charge in [-0.15, -0.1) is 0 Å². The van der Waals surface area contributed by atoms with Crippen LogP contribution in [0.15, 0.2) is 30.3 Å². The Morgan fingerprint density at radius 2 is 2.05 bits per heavy atom. The summed E-state index contributed by atoms with van der Waals surface area (Å²) in [6, 6.07) is 10.2. The summed E-state index contributed by atoms with van der Waals surface area (Å²) in [5.74, 6) is 0.450. The molecular weight excluding hydrogens is 252 g/mol. The number of carbonyl (C=O) groups is 1. The molecule has 110 valence electrons. The van der Waals surface area contributed by atoms with E-state index in [0.717, 1.165) is 39.1 Å². The molecule has 0 radical (unpaired) electrons. The van der Waals surface area contributed by atoms with Crippen molar-refractivity contribution >= 4 is 5.91 Å². The minimum absolute atomic E-state index is 0.168. The quantitative estimate of drug-likeness (QED) is 0.734. The van der Waals surface area contributed by atoms with E-state index in [1.165, 1.54) is 5.56 Å². The van der Waals surface area contributed by atoms with Crippen molar-refractivity contribution < 1.29 is 9.53 Å². The second-order valence-corrected chi connectivity index (χ2v) is 5.30. The first kappa shape index (κ1) is 15.0. The van der Waals surface area contributed by atoms with Crippen LogP contribution >= 0.6 is 0 Å². The average molecular weight is 276 g/mol. The maximum atomic E-state index is 12.4. The fraction of sp³-hybridized carbons (Fsp3) is 0.562. The zero-order valence-corrected chi connectivity index (χ0v) is 12.2. The van der Waals surface area contributed by atoms with Crippen molar-refractivity contribution in [3.8, 4) is 0 Å². The van der Waals surface area contributed by atoms with Gasteiger partial charge in [-0.3, -0.25) is 4.79 Å². The molecule has 1 aliphatic heterocycles. The van der Waals surface area contributed by atoms with Crippen LogP contribution in [0, 0.1) is 5.92 Å². The van der Waals surface area contributed by atoms with Crippen LogP contribution in [0.5, 0.6) is 0 Å². The van der Waals surface area contributed by atoms with Crippen LogP contribution in [-0.4, -0.2) is 44.2 Å². The van der Waals surface area contributed by atoms with E-state index < -0.39 is 0 Å². The molecule has 1 N–H and O–H groups in total. The van der Waals surface area contributed by atoms with Crippen LogP contribution in [0.3, 0.4) is 0 Å². The first-order valence-electron chi connectivity index (χ1n) is 7.33. The van der Waals surface area contributed by atoms with Crippen LogP contribution in [0.2, 0.25) is 0 Å². The zero-order valence-electron chi connectivity index (χ0n) is 12.2. The van der Waals surface area contributed by atoms with Gasteiger partial charge in [0, 0.05) is 39.9 Å². The van der Waals surface area contributed by atoms with Gasteiger partial charge in [0.05, 0.1) is 5.92 Å². The third kappa shape index (κ3) is 4.32. The Balaban J connectivity index is 1.90. The standard InChI is InChI=1S/C16H24N2O2/c1-20-10-6-5-9-18(16(19)15-11-17-12-15)13-14-7-3-2-4-8-14/h2-4,7-8,15,17H,5-6,9-13H2,1H3. The molecule has 0 unspecified atom stereocenters. The Morgan fingerprint density at radius 1 is 1.30 bits per heavy atom. The predicted molar refractivity (Wildman–Crippen MR) is 79.3 cm³/mol. The fourth-order valence-corrected chi connectivity index (χ4v) is 2.34. The van der Waals surface area contributed by atoms with E-state index in [0.29, 0.717) is 6.54 Å². The molecule has 4 heteroatoms. The minimum Gasteiger partial charge on any atom is -0.385 e. The molecule has 1 fully saturated rings. The zero-order chi connectivity index (χ0) is 14.2. The van der Waals surface area contributed by atoms with Crippen molar-refractivity contribution in [3.05, 3.63) is 35.9 Å². The van der Waals surface area contributed by atoms with Gasteiger partial charge >= 0.3 is 0 Å². The van der Waals surface area contributed by atoms with Crippen LogP contribution < -0.4 is 5.32 Å². The Labute approximate surface area is 121 Å². The van der Waals surface area contributed by atoms with Crippen LogP contribution in [-0.2, 0) is 16.1 Å². The Hall–Kier alpha value is -1.39. The molecular formula is C16H24N2O2. The molecule has 1 aliphatic rings. The molecule has 0 saturated carbocycles. The van der Waals surface area contributed by atoms with Gasteiger partial charge in [0.1, 0.15) is 0 Å². The van der Waals surface area contributed by atoms with Gasteiger partial charge < -0.3 is 15.0 Å². The lowest BCUT2D eigenvalue weighted by atomic mass is 10.0. The number of hydrogen-bond donors (Lipinski definition) is 1. The summed E-state index contributed by atoms with van der Waals surface area (Å²) in [4.78, 5) is 14.4. The van der Waals surface area contributed by atoms with E-state index in [4.69, 9.17) is 4.74 Å². The largest absolute Gasteiger partial charge is 0.385 e. The lowest BCUT2D eigenvalue weighted by molar-refractivity contribution is -0.137. The maximum Gasteiger partial charge on any atom is 0.228 e. The Morgan fingerprint density at radius 3 is 2.65 bits per heavy atom. The van der Waals surface area contributed by atoms with Gasteiger partial charge in [0.15, 0.2) is 0 Å². The van der Waals surface area contributed by atoms with Gasteiger partial charge in [-0.25, -0.2) is 0 Å². The number of amides is 1. The molecule has 0 bridgehead atoms. The van der Waals surface area contributed by atoms with E-state index in [1.807, 2.05) is 23.1 Å². The summed E-state index contributed by atoms with van der Waals surface area (Å²) in [6.07, 6.45) is 1.99. The molecule has 0 spiro atoms. The van der Waals surface area contributed by atoms with E-state index in [1.54, 1.807) is 7.11 Å². The number of nitrogens with one attached hydrogen (secondary N) is 1. The SMILES string of the molecule is COCCCCN(Cc1ccccc1)C(=O)C1CNC1. The average Bonchev–Trinajstić information content (AvgIpc) is 2.41. The third-order valence-electron chi connectivity index (χ3n) is 3.69. The van der Waals surface area contributed by atoms with Crippen LogP contribution in [0.4, 0.5) is 0 Å². The number of ether oxygens (including phenoxy) is 1. The highest BCUT2D eigenvalue weighted by Gasteiger charge is 2.28. The first-order valence-corrected chi connectivity index (χ1v) is 7.33. The van der Waals surface area contributed by atoms with Crippen molar-refractivity contribution in [3.63, 3.8) is 0 Å². The van der Waals surface area contributed by atoms with Gasteiger partial charge in [-0.1, -0.05) is 30.3 Å². The van der Waals surface area contributed by atoms with Crippen molar-refractivity contribution in [2.75, 3.05) is 33.4 Å². The fourth-order valence-electron chi connectivity index (χ4n) is 2.34. The smallest absolute Gasteiger partial charge is 0.228 e. The highest BCUT2D eigenvalue weighted by atomic mass is 16.5. The monoisotopic (exact) mass is 276 g/mol. The van der Waals surface area contributed by atoms with Crippen molar-refractivity contribution in [1.82, 2.24) is 10.2 Å². The number of nitrogens with zero attached hydrogens (tertiary/aromatic N) is 1. The molecule has 0 atom stereocenters. The molecule has 1 heterocycles. The van der Waals surface area contributed by atoms with Crippen LogP contribution in [0.25, 0.3) is 0 Å². The number of hydrogen-bond acceptors (Lipinski definition) is 3. The van der Waals surface area contributed by atoms with Gasteiger partial charge in [-0.2, -0.15) is 0 Å². The van der Waals surface area contributed by atoms with Gasteiger partial charge in [0.25, 0.3) is 0 Å². The molecule has 2 rings (SSSR count). The Bertz CT molecular complexity index is 404. The highest BCUT2D eigenvalue weighted by Crippen LogP contribution is 2.13. The molecule has 20 heavy (non-hydrogen) atoms. The normalized spacial score (nSPS) is 14.8. The van der Waals surface area contributed by atoms with Crippen molar-refractivity contribution in [2.24, 2.45) is 5.92 Å². The van der Waals surface area contributed by atoms with E-state index in [9.17, 15) is 4.79 Å². The topological polar surface area (TPSA) is 41.6 Å². The summed E-state index contributed by atoms with van der Waals surface area (Å²) >= 11 is 0. The van der Waals surface area contributed by atoms with E-state index in [-0.39, 0.29) is 11.8 Å². The third-order valence-corrected chi connectivity index (χ3v) is 3.69. The van der Waals surface area contributed by atoms with Crippen LogP contribution in [0.1, 0.15) is 18.4 Å². The minimum atomic E-state index is 0.168. The van der Waals surface area contributed by atoms with Gasteiger partial charge in [-0.05, 0) is 18.4 Å². The molecule has 1 aromatic rings. The predicted octanol–water partition coefficient (Wildman–Crippen LogP) is 1.66. The summed E-state index contributed by atoms with van der Waals surface area (Å²) in [6.45, 7) is 3.93. The summed E-state index contributed by atoms with van der Waals surface area (Å²) < 4.78 is 5.07. The number of rotatable bonds is 8.